The van der Waals surface area contributed by atoms with Gasteiger partial charge in [0.1, 0.15) is 8.07 Å². The second-order valence-electron chi connectivity index (χ2n) is 8.30. The first kappa shape index (κ1) is 21.7. The van der Waals surface area contributed by atoms with Gasteiger partial charge in [0, 0.05) is 12.0 Å². The van der Waals surface area contributed by atoms with E-state index < -0.39 is 8.07 Å². The highest BCUT2D eigenvalue weighted by Gasteiger charge is 2.39. The van der Waals surface area contributed by atoms with Gasteiger partial charge < -0.3 is 0 Å². The van der Waals surface area contributed by atoms with Gasteiger partial charge in [0.05, 0.1) is 0 Å². The molecule has 0 amide bonds. The van der Waals surface area contributed by atoms with Crippen LogP contribution in [0.25, 0.3) is 6.08 Å². The lowest BCUT2D eigenvalue weighted by Crippen LogP contribution is -2.59. The highest BCUT2D eigenvalue weighted by atomic mass is 28.3. The van der Waals surface area contributed by atoms with Gasteiger partial charge in [0.25, 0.3) is 0 Å². The molecule has 0 aliphatic rings. The van der Waals surface area contributed by atoms with Crippen molar-refractivity contribution in [2.24, 2.45) is 0 Å². The van der Waals surface area contributed by atoms with Gasteiger partial charge >= 0.3 is 0 Å². The van der Waals surface area contributed by atoms with Crippen LogP contribution in [0.3, 0.4) is 0 Å². The summed E-state index contributed by atoms with van der Waals surface area (Å²) >= 11 is 0. The number of benzene rings is 4. The monoisotopic (exact) mass is 432 g/mol. The number of carbonyl (C=O) groups is 1. The molecule has 1 atom stereocenters. The molecule has 0 aliphatic heterocycles. The molecule has 2 heteroatoms. The summed E-state index contributed by atoms with van der Waals surface area (Å²) in [6, 6.07) is 41.5. The standard InChI is InChI=1S/C30H28OSi/c1-32(27-18-10-4-11-19-27,28-20-12-5-13-21-28)29(23-22-25-14-6-2-7-15-25)24-30(31)26-16-8-3-9-17-26/h2-23,29H,24H2,1H3/b23-22-. The lowest BCUT2D eigenvalue weighted by Gasteiger charge is -2.35. The summed E-state index contributed by atoms with van der Waals surface area (Å²) < 4.78 is 0. The smallest absolute Gasteiger partial charge is 0.163 e. The third-order valence-corrected chi connectivity index (χ3v) is 11.3. The molecule has 1 unspecified atom stereocenters. The number of carbonyl (C=O) groups excluding carboxylic acids is 1. The van der Waals surface area contributed by atoms with Crippen LogP contribution in [0, 0.1) is 0 Å². The Balaban J connectivity index is 1.81. The van der Waals surface area contributed by atoms with E-state index in [4.69, 9.17) is 0 Å². The van der Waals surface area contributed by atoms with Gasteiger partial charge in [-0.1, -0.05) is 150 Å². The second kappa shape index (κ2) is 10.2. The van der Waals surface area contributed by atoms with Crippen LogP contribution >= 0.6 is 0 Å². The molecule has 0 heterocycles. The van der Waals surface area contributed by atoms with Crippen LogP contribution in [0.1, 0.15) is 22.3 Å². The Morgan fingerprint density at radius 1 is 0.688 bits per heavy atom. The summed E-state index contributed by atoms with van der Waals surface area (Å²) in [6.45, 7) is 2.40. The number of hydrogen-bond acceptors (Lipinski definition) is 1. The molecule has 0 saturated carbocycles. The number of allylic oxidation sites excluding steroid dienone is 1. The fourth-order valence-corrected chi connectivity index (χ4v) is 8.40. The van der Waals surface area contributed by atoms with Crippen molar-refractivity contribution >= 4 is 30.3 Å². The van der Waals surface area contributed by atoms with E-state index >= 15 is 0 Å². The zero-order valence-electron chi connectivity index (χ0n) is 18.4. The van der Waals surface area contributed by atoms with Crippen molar-refractivity contribution in [3.63, 3.8) is 0 Å². The van der Waals surface area contributed by atoms with E-state index in [-0.39, 0.29) is 11.3 Å². The number of Topliss-reactive ketones (excluding diaryl/α,β-unsaturated/α-hetero) is 1. The number of rotatable bonds is 8. The van der Waals surface area contributed by atoms with Crippen molar-refractivity contribution in [2.45, 2.75) is 18.5 Å². The van der Waals surface area contributed by atoms with Crippen LogP contribution in [0.4, 0.5) is 0 Å². The molecule has 4 aromatic carbocycles. The molecule has 0 bridgehead atoms. The van der Waals surface area contributed by atoms with E-state index in [1.54, 1.807) is 0 Å². The van der Waals surface area contributed by atoms with Gasteiger partial charge in [-0.05, 0) is 11.1 Å². The third kappa shape index (κ3) is 4.87. The van der Waals surface area contributed by atoms with Crippen molar-refractivity contribution < 1.29 is 4.79 Å². The lowest BCUT2D eigenvalue weighted by atomic mass is 10.1. The Hall–Kier alpha value is -3.49. The zero-order valence-corrected chi connectivity index (χ0v) is 19.4. The van der Waals surface area contributed by atoms with Crippen molar-refractivity contribution in [2.75, 3.05) is 0 Å². The average Bonchev–Trinajstić information content (AvgIpc) is 2.88. The van der Waals surface area contributed by atoms with Crippen LogP contribution in [-0.4, -0.2) is 13.9 Å². The third-order valence-electron chi connectivity index (χ3n) is 6.31. The van der Waals surface area contributed by atoms with Gasteiger partial charge in [-0.2, -0.15) is 0 Å². The van der Waals surface area contributed by atoms with Gasteiger partial charge in [-0.3, -0.25) is 4.79 Å². The minimum atomic E-state index is -2.29. The Labute approximate surface area is 192 Å². The number of ketones is 1. The zero-order chi connectivity index (χ0) is 22.2. The predicted molar refractivity (Wildman–Crippen MR) is 138 cm³/mol. The maximum Gasteiger partial charge on any atom is 0.163 e. The highest BCUT2D eigenvalue weighted by molar-refractivity contribution is 7.02. The maximum atomic E-state index is 13.4. The second-order valence-corrected chi connectivity index (χ2v) is 12.6. The number of hydrogen-bond donors (Lipinski definition) is 0. The van der Waals surface area contributed by atoms with Crippen molar-refractivity contribution in [1.29, 1.82) is 0 Å². The van der Waals surface area contributed by atoms with E-state index in [2.05, 4.69) is 104 Å². The summed E-state index contributed by atoms with van der Waals surface area (Å²) in [5.74, 6) is 0.193. The topological polar surface area (TPSA) is 17.1 Å². The van der Waals surface area contributed by atoms with Gasteiger partial charge in [-0.15, -0.1) is 0 Å². The van der Waals surface area contributed by atoms with Crippen LogP contribution in [0.15, 0.2) is 127 Å². The molecule has 0 spiro atoms. The molecular weight excluding hydrogens is 404 g/mol. The summed E-state index contributed by atoms with van der Waals surface area (Å²) in [5.41, 5.74) is 2.05. The highest BCUT2D eigenvalue weighted by Crippen LogP contribution is 2.30. The van der Waals surface area contributed by atoms with E-state index in [0.717, 1.165) is 11.1 Å². The van der Waals surface area contributed by atoms with Crippen LogP contribution < -0.4 is 10.4 Å². The molecule has 0 aliphatic carbocycles. The molecule has 32 heavy (non-hydrogen) atoms. The van der Waals surface area contributed by atoms with Crippen LogP contribution in [0.2, 0.25) is 12.1 Å². The van der Waals surface area contributed by atoms with Gasteiger partial charge in [-0.25, -0.2) is 0 Å². The van der Waals surface area contributed by atoms with E-state index in [1.807, 2.05) is 36.4 Å². The molecular formula is C30H28OSi. The lowest BCUT2D eigenvalue weighted by molar-refractivity contribution is 0.0983. The van der Waals surface area contributed by atoms with E-state index in [0.29, 0.717) is 6.42 Å². The van der Waals surface area contributed by atoms with Crippen molar-refractivity contribution in [1.82, 2.24) is 0 Å². The van der Waals surface area contributed by atoms with E-state index in [1.165, 1.54) is 10.4 Å². The summed E-state index contributed by atoms with van der Waals surface area (Å²) in [4.78, 5) is 13.4. The molecule has 1 nitrogen and oxygen atoms in total. The minimum Gasteiger partial charge on any atom is -0.294 e. The Morgan fingerprint density at radius 2 is 1.12 bits per heavy atom. The SMILES string of the molecule is C[Si](c1ccccc1)(c1ccccc1)C(/C=C\c1ccccc1)CC(=O)c1ccccc1. The summed E-state index contributed by atoms with van der Waals surface area (Å²) in [7, 11) is -2.29. The first-order valence-corrected chi connectivity index (χ1v) is 13.7. The molecule has 0 fully saturated rings. The quantitative estimate of drug-likeness (QED) is 0.238. The Kier molecular flexibility index (Phi) is 6.93. The molecule has 4 rings (SSSR count). The first-order valence-electron chi connectivity index (χ1n) is 11.1. The normalized spacial score (nSPS) is 12.5. The fourth-order valence-electron chi connectivity index (χ4n) is 4.36. The molecule has 0 saturated heterocycles. The van der Waals surface area contributed by atoms with Gasteiger partial charge in [0.2, 0.25) is 0 Å². The van der Waals surface area contributed by atoms with Crippen LogP contribution in [-0.2, 0) is 0 Å². The van der Waals surface area contributed by atoms with Crippen molar-refractivity contribution in [3.8, 4) is 0 Å². The Bertz CT molecular complexity index is 1110. The molecule has 0 radical (unpaired) electrons. The first-order chi connectivity index (χ1) is 15.7. The predicted octanol–water partition coefficient (Wildman–Crippen LogP) is 6.24. The summed E-state index contributed by atoms with van der Waals surface area (Å²) in [6.07, 6.45) is 4.95. The Morgan fingerprint density at radius 3 is 1.62 bits per heavy atom. The average molecular weight is 433 g/mol. The fraction of sp³-hybridized carbons (Fsp3) is 0.100. The molecule has 0 N–H and O–H groups in total. The molecule has 4 aromatic rings. The summed E-state index contributed by atoms with van der Waals surface area (Å²) in [5, 5.41) is 2.68. The van der Waals surface area contributed by atoms with Crippen molar-refractivity contribution in [3.05, 3.63) is 139 Å². The minimum absolute atomic E-state index is 0.111. The van der Waals surface area contributed by atoms with E-state index in [9.17, 15) is 4.79 Å². The largest absolute Gasteiger partial charge is 0.294 e. The van der Waals surface area contributed by atoms with Crippen LogP contribution in [0.5, 0.6) is 0 Å². The maximum absolute atomic E-state index is 13.4. The van der Waals surface area contributed by atoms with Gasteiger partial charge in [0.15, 0.2) is 5.78 Å². The molecule has 0 aromatic heterocycles. The molecule has 158 valence electrons.